The summed E-state index contributed by atoms with van der Waals surface area (Å²) >= 11 is 0. The molecule has 7 heteroatoms. The number of rotatable bonds is 6. The molecule has 0 fully saturated rings. The predicted molar refractivity (Wildman–Crippen MR) is 95.0 cm³/mol. The molecule has 1 heterocycles. The minimum atomic E-state index is -0.419. The van der Waals surface area contributed by atoms with Crippen molar-refractivity contribution in [1.29, 1.82) is 0 Å². The smallest absolute Gasteiger partial charge is 0.311 e. The Hall–Kier alpha value is -2.83. The highest BCUT2D eigenvalue weighted by Gasteiger charge is 2.25. The van der Waals surface area contributed by atoms with Gasteiger partial charge in [-0.3, -0.25) is 19.3 Å². The summed E-state index contributed by atoms with van der Waals surface area (Å²) in [7, 11) is 0. The van der Waals surface area contributed by atoms with Crippen LogP contribution < -0.4 is 15.5 Å². The maximum atomic E-state index is 12.6. The number of hydrogen-bond donors (Lipinski definition) is 2. The van der Waals surface area contributed by atoms with E-state index in [2.05, 4.69) is 10.6 Å². The van der Waals surface area contributed by atoms with Gasteiger partial charge < -0.3 is 15.4 Å². The molecule has 0 atom stereocenters. The van der Waals surface area contributed by atoms with E-state index in [4.69, 9.17) is 4.74 Å². The zero-order valence-electron chi connectivity index (χ0n) is 14.7. The van der Waals surface area contributed by atoms with E-state index in [-0.39, 0.29) is 37.4 Å². The highest BCUT2D eigenvalue weighted by Crippen LogP contribution is 2.30. The van der Waals surface area contributed by atoms with Crippen LogP contribution in [0.15, 0.2) is 36.0 Å². The monoisotopic (exact) mass is 345 g/mol. The summed E-state index contributed by atoms with van der Waals surface area (Å²) in [6, 6.07) is 7.13. The maximum absolute atomic E-state index is 12.6. The Bertz CT molecular complexity index is 697. The van der Waals surface area contributed by atoms with E-state index in [0.29, 0.717) is 17.1 Å². The number of nitrogens with zero attached hydrogens (tertiary/aromatic N) is 1. The van der Waals surface area contributed by atoms with Crippen molar-refractivity contribution >= 4 is 29.2 Å². The number of amides is 2. The van der Waals surface area contributed by atoms with Gasteiger partial charge in [0.05, 0.1) is 24.4 Å². The molecule has 0 spiro atoms. The van der Waals surface area contributed by atoms with Gasteiger partial charge in [-0.25, -0.2) is 0 Å². The molecular weight excluding hydrogens is 322 g/mol. The predicted octanol–water partition coefficient (Wildman–Crippen LogP) is 1.81. The van der Waals surface area contributed by atoms with E-state index in [1.165, 1.54) is 11.0 Å². The van der Waals surface area contributed by atoms with Crippen molar-refractivity contribution in [2.45, 2.75) is 33.2 Å². The molecule has 134 valence electrons. The second kappa shape index (κ2) is 8.32. The first kappa shape index (κ1) is 18.5. The molecule has 0 bridgehead atoms. The molecule has 0 radical (unpaired) electrons. The quantitative estimate of drug-likeness (QED) is 0.768. The molecule has 2 N–H and O–H groups in total. The third-order valence-electron chi connectivity index (χ3n) is 3.45. The van der Waals surface area contributed by atoms with Crippen LogP contribution in [0.3, 0.4) is 0 Å². The summed E-state index contributed by atoms with van der Waals surface area (Å²) in [6.07, 6.45) is 1.29. The van der Waals surface area contributed by atoms with Crippen molar-refractivity contribution in [2.24, 2.45) is 0 Å². The van der Waals surface area contributed by atoms with Gasteiger partial charge in [0.2, 0.25) is 5.91 Å². The lowest BCUT2D eigenvalue weighted by atomic mass is 10.2. The second-order valence-corrected chi connectivity index (χ2v) is 5.94. The average Bonchev–Trinajstić information content (AvgIpc) is 2.64. The van der Waals surface area contributed by atoms with Crippen LogP contribution in [0, 0.1) is 0 Å². The number of para-hydroxylation sites is 2. The molecule has 7 nitrogen and oxygen atoms in total. The van der Waals surface area contributed by atoms with Crippen LogP contribution in [0.1, 0.15) is 27.2 Å². The summed E-state index contributed by atoms with van der Waals surface area (Å²) in [5, 5.41) is 5.86. The molecule has 1 aromatic carbocycles. The van der Waals surface area contributed by atoms with Gasteiger partial charge in [-0.1, -0.05) is 12.1 Å². The Balaban J connectivity index is 2.27. The third-order valence-corrected chi connectivity index (χ3v) is 3.45. The van der Waals surface area contributed by atoms with Crippen LogP contribution in [0.5, 0.6) is 0 Å². The van der Waals surface area contributed by atoms with Crippen molar-refractivity contribution in [2.75, 3.05) is 23.4 Å². The summed E-state index contributed by atoms with van der Waals surface area (Å²) in [5.41, 5.74) is 1.67. The number of nitrogens with one attached hydrogen (secondary N) is 2. The fourth-order valence-electron chi connectivity index (χ4n) is 2.51. The van der Waals surface area contributed by atoms with Crippen LogP contribution >= 0.6 is 0 Å². The summed E-state index contributed by atoms with van der Waals surface area (Å²) in [5.74, 6) is -1.03. The van der Waals surface area contributed by atoms with Crippen molar-refractivity contribution < 1.29 is 19.1 Å². The highest BCUT2D eigenvalue weighted by molar-refractivity contribution is 6.09. The number of esters is 1. The van der Waals surface area contributed by atoms with Crippen LogP contribution in [0.2, 0.25) is 0 Å². The summed E-state index contributed by atoms with van der Waals surface area (Å²) in [6.45, 7) is 5.61. The highest BCUT2D eigenvalue weighted by atomic mass is 16.5. The molecule has 0 saturated carbocycles. The van der Waals surface area contributed by atoms with Crippen molar-refractivity contribution in [3.8, 4) is 0 Å². The lowest BCUT2D eigenvalue weighted by Crippen LogP contribution is -2.42. The SMILES string of the molecule is CCOC(=O)CC1=CC(=O)N(CC(=O)NC(C)C)c2ccccc2N1. The van der Waals surface area contributed by atoms with E-state index in [1.54, 1.807) is 25.1 Å². The number of benzene rings is 1. The van der Waals surface area contributed by atoms with Gasteiger partial charge in [-0.05, 0) is 32.9 Å². The lowest BCUT2D eigenvalue weighted by Gasteiger charge is -2.22. The van der Waals surface area contributed by atoms with Gasteiger partial charge in [0.15, 0.2) is 0 Å². The second-order valence-electron chi connectivity index (χ2n) is 5.94. The molecule has 25 heavy (non-hydrogen) atoms. The Morgan fingerprint density at radius 3 is 2.68 bits per heavy atom. The van der Waals surface area contributed by atoms with Crippen LogP contribution in [0.4, 0.5) is 11.4 Å². The number of carbonyl (C=O) groups is 3. The fraction of sp³-hybridized carbons (Fsp3) is 0.389. The van der Waals surface area contributed by atoms with Gasteiger partial charge in [0.25, 0.3) is 5.91 Å². The number of fused-ring (bicyclic) bond motifs is 1. The average molecular weight is 345 g/mol. The van der Waals surface area contributed by atoms with Gasteiger partial charge in [-0.15, -0.1) is 0 Å². The van der Waals surface area contributed by atoms with Crippen LogP contribution in [0.25, 0.3) is 0 Å². The van der Waals surface area contributed by atoms with Crippen molar-refractivity contribution in [3.63, 3.8) is 0 Å². The zero-order valence-corrected chi connectivity index (χ0v) is 14.7. The lowest BCUT2D eigenvalue weighted by molar-refractivity contribution is -0.142. The Kier molecular flexibility index (Phi) is 6.16. The minimum absolute atomic E-state index is 0.0159. The van der Waals surface area contributed by atoms with Gasteiger partial charge in [-0.2, -0.15) is 0 Å². The summed E-state index contributed by atoms with van der Waals surface area (Å²) in [4.78, 5) is 37.9. The first-order valence-corrected chi connectivity index (χ1v) is 8.23. The van der Waals surface area contributed by atoms with Gasteiger partial charge in [0.1, 0.15) is 6.54 Å². The standard InChI is InChI=1S/C18H23N3O4/c1-4-25-18(24)10-13-9-17(23)21(11-16(22)19-12(2)3)15-8-6-5-7-14(15)20-13/h5-9,12,20H,4,10-11H2,1-3H3,(H,19,22). The molecule has 0 aromatic heterocycles. The van der Waals surface area contributed by atoms with E-state index >= 15 is 0 Å². The van der Waals surface area contributed by atoms with Crippen molar-refractivity contribution in [3.05, 3.63) is 36.0 Å². The molecule has 2 amide bonds. The topological polar surface area (TPSA) is 87.7 Å². The van der Waals surface area contributed by atoms with E-state index in [0.717, 1.165) is 0 Å². The van der Waals surface area contributed by atoms with Gasteiger partial charge >= 0.3 is 5.97 Å². The number of anilines is 2. The molecule has 0 unspecified atom stereocenters. The van der Waals surface area contributed by atoms with E-state index < -0.39 is 5.97 Å². The first-order valence-electron chi connectivity index (χ1n) is 8.23. The summed E-state index contributed by atoms with van der Waals surface area (Å²) < 4.78 is 4.93. The maximum Gasteiger partial charge on any atom is 0.311 e. The molecule has 0 saturated heterocycles. The van der Waals surface area contributed by atoms with Crippen molar-refractivity contribution in [1.82, 2.24) is 5.32 Å². The number of hydrogen-bond acceptors (Lipinski definition) is 5. The molecule has 1 aromatic rings. The van der Waals surface area contributed by atoms with E-state index in [1.807, 2.05) is 19.9 Å². The van der Waals surface area contributed by atoms with E-state index in [9.17, 15) is 14.4 Å². The number of ether oxygens (including phenoxy) is 1. The normalized spacial score (nSPS) is 13.5. The van der Waals surface area contributed by atoms with Gasteiger partial charge in [0, 0.05) is 17.8 Å². The molecule has 2 rings (SSSR count). The molecular formula is C18H23N3O4. The largest absolute Gasteiger partial charge is 0.466 e. The minimum Gasteiger partial charge on any atom is -0.466 e. The molecule has 1 aliphatic rings. The molecule has 0 aliphatic carbocycles. The zero-order chi connectivity index (χ0) is 18.4. The van der Waals surface area contributed by atoms with Crippen LogP contribution in [-0.4, -0.2) is 37.0 Å². The molecule has 1 aliphatic heterocycles. The first-order chi connectivity index (χ1) is 11.9. The number of carbonyl (C=O) groups excluding carboxylic acids is 3. The Labute approximate surface area is 147 Å². The Morgan fingerprint density at radius 1 is 1.28 bits per heavy atom. The third kappa shape index (κ3) is 5.07. The Morgan fingerprint density at radius 2 is 2.00 bits per heavy atom. The van der Waals surface area contributed by atoms with Crippen LogP contribution in [-0.2, 0) is 19.1 Å². The fourth-order valence-corrected chi connectivity index (χ4v) is 2.51.